The molecule has 2 nitrogen and oxygen atoms in total. The fraction of sp³-hybridized carbons (Fsp3) is 0.556. The highest BCUT2D eigenvalue weighted by Crippen LogP contribution is 1.91. The van der Waals surface area contributed by atoms with Crippen molar-refractivity contribution in [1.82, 2.24) is 0 Å². The van der Waals surface area contributed by atoms with Crippen molar-refractivity contribution >= 4 is 12.1 Å². The van der Waals surface area contributed by atoms with Crippen molar-refractivity contribution in [2.75, 3.05) is 0 Å². The van der Waals surface area contributed by atoms with Gasteiger partial charge in [0.05, 0.1) is 0 Å². The van der Waals surface area contributed by atoms with Crippen LogP contribution < -0.4 is 0 Å². The Kier molecular flexibility index (Phi) is 4.42. The van der Waals surface area contributed by atoms with Crippen LogP contribution in [0.3, 0.4) is 0 Å². The van der Waals surface area contributed by atoms with Crippen molar-refractivity contribution in [3.05, 3.63) is 12.2 Å². The topological polar surface area (TPSA) is 24.7 Å². The molecule has 0 saturated carbocycles. The van der Waals surface area contributed by atoms with Gasteiger partial charge in [0.25, 0.3) is 0 Å². The molecule has 0 N–H and O–H groups in total. The van der Waals surface area contributed by atoms with E-state index in [0.717, 1.165) is 11.3 Å². The molecule has 0 aliphatic carbocycles. The van der Waals surface area contributed by atoms with E-state index >= 15 is 0 Å². The summed E-state index contributed by atoms with van der Waals surface area (Å²) in [5.41, 5.74) is 1.93. The molecule has 0 amide bonds. The van der Waals surface area contributed by atoms with Crippen LogP contribution in [-0.2, 0) is 0 Å². The van der Waals surface area contributed by atoms with Crippen LogP contribution in [0.5, 0.6) is 0 Å². The molecule has 0 aromatic heterocycles. The van der Waals surface area contributed by atoms with Gasteiger partial charge in [-0.2, -0.15) is 0 Å². The van der Waals surface area contributed by atoms with Crippen LogP contribution >= 0.6 is 0 Å². The van der Waals surface area contributed by atoms with Crippen LogP contribution in [0.4, 0.5) is 0 Å². The number of hydrogen-bond donors (Lipinski definition) is 0. The van der Waals surface area contributed by atoms with Gasteiger partial charge >= 0.3 is 0 Å². The second-order valence-corrected chi connectivity index (χ2v) is 2.85. The van der Waals surface area contributed by atoms with Crippen LogP contribution in [0, 0.1) is 0 Å². The first-order valence-corrected chi connectivity index (χ1v) is 3.76. The second-order valence-electron chi connectivity index (χ2n) is 2.85. The van der Waals surface area contributed by atoms with E-state index in [0.29, 0.717) is 6.04 Å². The Hall–Kier alpha value is -0.920. The standard InChI is InChI=1S/C9H16N2/c1-7(2)9(5)11-6-10-8(3)4/h6,8H,1H2,2-5H3. The third-order valence-corrected chi connectivity index (χ3v) is 1.23. The SMILES string of the molecule is C=C(C)C(C)=NC=NC(C)C. The minimum absolute atomic E-state index is 0.316. The summed E-state index contributed by atoms with van der Waals surface area (Å²) in [4.78, 5) is 8.18. The van der Waals surface area contributed by atoms with E-state index in [1.807, 2.05) is 27.7 Å². The van der Waals surface area contributed by atoms with E-state index in [2.05, 4.69) is 16.6 Å². The molecular weight excluding hydrogens is 136 g/mol. The lowest BCUT2D eigenvalue weighted by molar-refractivity contribution is 0.839. The van der Waals surface area contributed by atoms with Crippen LogP contribution in [0.15, 0.2) is 22.1 Å². The van der Waals surface area contributed by atoms with E-state index < -0.39 is 0 Å². The summed E-state index contributed by atoms with van der Waals surface area (Å²) in [5, 5.41) is 0. The van der Waals surface area contributed by atoms with Gasteiger partial charge < -0.3 is 0 Å². The van der Waals surface area contributed by atoms with Crippen molar-refractivity contribution in [2.24, 2.45) is 9.98 Å². The quantitative estimate of drug-likeness (QED) is 0.438. The number of hydrogen-bond acceptors (Lipinski definition) is 1. The third-order valence-electron chi connectivity index (χ3n) is 1.23. The first-order chi connectivity index (χ1) is 5.04. The lowest BCUT2D eigenvalue weighted by atomic mass is 10.2. The van der Waals surface area contributed by atoms with Gasteiger partial charge in [0, 0.05) is 11.8 Å². The average molecular weight is 152 g/mol. The third kappa shape index (κ3) is 5.52. The zero-order valence-electron chi connectivity index (χ0n) is 7.76. The Bertz CT molecular complexity index is 188. The Morgan fingerprint density at radius 1 is 1.36 bits per heavy atom. The average Bonchev–Trinajstić information content (AvgIpc) is 1.86. The Balaban J connectivity index is 4.02. The molecule has 0 saturated heterocycles. The molecule has 62 valence electrons. The molecule has 0 spiro atoms. The molecule has 0 aliphatic heterocycles. The molecule has 0 unspecified atom stereocenters. The molecule has 0 aromatic rings. The molecule has 0 rings (SSSR count). The van der Waals surface area contributed by atoms with Crippen molar-refractivity contribution in [2.45, 2.75) is 33.7 Å². The molecule has 11 heavy (non-hydrogen) atoms. The van der Waals surface area contributed by atoms with Crippen LogP contribution in [-0.4, -0.2) is 18.1 Å². The van der Waals surface area contributed by atoms with Gasteiger partial charge in [-0.05, 0) is 33.3 Å². The van der Waals surface area contributed by atoms with Gasteiger partial charge in [-0.25, -0.2) is 4.99 Å². The summed E-state index contributed by atoms with van der Waals surface area (Å²) in [6.45, 7) is 11.7. The Morgan fingerprint density at radius 2 is 1.91 bits per heavy atom. The van der Waals surface area contributed by atoms with E-state index in [-0.39, 0.29) is 0 Å². The van der Waals surface area contributed by atoms with Crippen molar-refractivity contribution < 1.29 is 0 Å². The minimum atomic E-state index is 0.316. The molecule has 0 fully saturated rings. The summed E-state index contributed by atoms with van der Waals surface area (Å²) in [6, 6.07) is 0.316. The van der Waals surface area contributed by atoms with Crippen molar-refractivity contribution in [1.29, 1.82) is 0 Å². The Morgan fingerprint density at radius 3 is 2.27 bits per heavy atom. The first kappa shape index (κ1) is 10.1. The van der Waals surface area contributed by atoms with E-state index in [9.17, 15) is 0 Å². The maximum Gasteiger partial charge on any atom is 0.110 e. The number of rotatable bonds is 3. The monoisotopic (exact) mass is 152 g/mol. The summed E-state index contributed by atoms with van der Waals surface area (Å²) >= 11 is 0. The summed E-state index contributed by atoms with van der Waals surface area (Å²) in [7, 11) is 0. The predicted octanol–water partition coefficient (Wildman–Crippen LogP) is 2.46. The van der Waals surface area contributed by atoms with Crippen LogP contribution in [0.2, 0.25) is 0 Å². The van der Waals surface area contributed by atoms with Gasteiger partial charge in [0.1, 0.15) is 6.34 Å². The highest BCUT2D eigenvalue weighted by atomic mass is 14.9. The van der Waals surface area contributed by atoms with Gasteiger partial charge in [0.15, 0.2) is 0 Å². The first-order valence-electron chi connectivity index (χ1n) is 3.76. The van der Waals surface area contributed by atoms with Crippen molar-refractivity contribution in [3.63, 3.8) is 0 Å². The molecule has 0 atom stereocenters. The minimum Gasteiger partial charge on any atom is -0.271 e. The molecule has 0 heterocycles. The van der Waals surface area contributed by atoms with Gasteiger partial charge in [-0.15, -0.1) is 0 Å². The smallest absolute Gasteiger partial charge is 0.110 e. The maximum atomic E-state index is 4.09. The lowest BCUT2D eigenvalue weighted by Gasteiger charge is -1.94. The molecule has 0 bridgehead atoms. The Labute approximate surface area is 68.8 Å². The fourth-order valence-corrected chi connectivity index (χ4v) is 0.363. The van der Waals surface area contributed by atoms with Crippen LogP contribution in [0.25, 0.3) is 0 Å². The molecule has 0 aromatic carbocycles. The maximum absolute atomic E-state index is 4.09. The van der Waals surface area contributed by atoms with Crippen molar-refractivity contribution in [3.8, 4) is 0 Å². The number of nitrogens with zero attached hydrogens (tertiary/aromatic N) is 2. The lowest BCUT2D eigenvalue weighted by Crippen LogP contribution is -1.93. The van der Waals surface area contributed by atoms with Gasteiger partial charge in [-0.3, -0.25) is 4.99 Å². The molecule has 0 aliphatic rings. The number of allylic oxidation sites excluding steroid dienone is 1. The molecule has 0 radical (unpaired) electrons. The largest absolute Gasteiger partial charge is 0.271 e. The van der Waals surface area contributed by atoms with E-state index in [4.69, 9.17) is 0 Å². The highest BCUT2D eigenvalue weighted by molar-refractivity contribution is 6.00. The molecular formula is C9H16N2. The van der Waals surface area contributed by atoms with Gasteiger partial charge in [-0.1, -0.05) is 6.58 Å². The fourth-order valence-electron chi connectivity index (χ4n) is 0.363. The summed E-state index contributed by atoms with van der Waals surface area (Å²) in [5.74, 6) is 0. The summed E-state index contributed by atoms with van der Waals surface area (Å²) < 4.78 is 0. The zero-order valence-corrected chi connectivity index (χ0v) is 7.76. The predicted molar refractivity (Wildman–Crippen MR) is 51.6 cm³/mol. The van der Waals surface area contributed by atoms with Crippen LogP contribution in [0.1, 0.15) is 27.7 Å². The summed E-state index contributed by atoms with van der Waals surface area (Å²) in [6.07, 6.45) is 1.59. The van der Waals surface area contributed by atoms with E-state index in [1.165, 1.54) is 0 Å². The zero-order chi connectivity index (χ0) is 8.85. The highest BCUT2D eigenvalue weighted by Gasteiger charge is 1.87. The normalized spacial score (nSPS) is 13.0. The van der Waals surface area contributed by atoms with E-state index in [1.54, 1.807) is 6.34 Å². The number of aliphatic imine (C=N–C) groups is 2. The van der Waals surface area contributed by atoms with Gasteiger partial charge in [0.2, 0.25) is 0 Å². The molecule has 2 heteroatoms. The second kappa shape index (κ2) is 4.83.